The average Bonchev–Trinajstić information content (AvgIpc) is 2.67. The predicted molar refractivity (Wildman–Crippen MR) is 105 cm³/mol. The third-order valence-electron chi connectivity index (χ3n) is 4.35. The van der Waals surface area contributed by atoms with E-state index in [1.165, 1.54) is 24.3 Å². The third-order valence-corrected chi connectivity index (χ3v) is 4.35. The summed E-state index contributed by atoms with van der Waals surface area (Å²) >= 11 is 0. The lowest BCUT2D eigenvalue weighted by Gasteiger charge is -2.10. The van der Waals surface area contributed by atoms with Crippen LogP contribution < -0.4 is 10.6 Å². The van der Waals surface area contributed by atoms with E-state index in [-0.39, 0.29) is 11.1 Å². The van der Waals surface area contributed by atoms with Crippen molar-refractivity contribution in [1.82, 2.24) is 0 Å². The molecule has 0 radical (unpaired) electrons. The Morgan fingerprint density at radius 3 is 1.89 bits per heavy atom. The Hall–Kier alpha value is -3.54. The normalized spacial score (nSPS) is 10.4. The first-order valence-electron chi connectivity index (χ1n) is 8.59. The van der Waals surface area contributed by atoms with Crippen molar-refractivity contribution >= 4 is 23.2 Å². The molecule has 2 N–H and O–H groups in total. The lowest BCUT2D eigenvalue weighted by Crippen LogP contribution is -2.16. The molecule has 2 amide bonds. The zero-order valence-corrected chi connectivity index (χ0v) is 15.3. The molecule has 0 aromatic heterocycles. The Morgan fingerprint density at radius 1 is 0.714 bits per heavy atom. The van der Waals surface area contributed by atoms with Crippen molar-refractivity contribution in [2.75, 3.05) is 10.6 Å². The van der Waals surface area contributed by atoms with Crippen LogP contribution in [0.2, 0.25) is 0 Å². The summed E-state index contributed by atoms with van der Waals surface area (Å²) in [7, 11) is 0. The minimum absolute atomic E-state index is 0.107. The minimum atomic E-state index is -0.878. The van der Waals surface area contributed by atoms with E-state index in [0.717, 1.165) is 23.3 Å². The maximum atomic E-state index is 13.7. The number of anilines is 2. The van der Waals surface area contributed by atoms with Crippen LogP contribution in [0.5, 0.6) is 0 Å². The van der Waals surface area contributed by atoms with Crippen molar-refractivity contribution < 1.29 is 18.4 Å². The SMILES string of the molecule is Cc1ccc(NC(=O)c2cccc(C(=O)Nc3c(F)cccc3F)c2)cc1C. The van der Waals surface area contributed by atoms with Gasteiger partial charge in [0.1, 0.15) is 17.3 Å². The van der Waals surface area contributed by atoms with E-state index < -0.39 is 29.1 Å². The molecule has 0 saturated carbocycles. The van der Waals surface area contributed by atoms with E-state index in [0.29, 0.717) is 5.69 Å². The van der Waals surface area contributed by atoms with E-state index in [4.69, 9.17) is 0 Å². The molecule has 0 saturated heterocycles. The monoisotopic (exact) mass is 380 g/mol. The Bertz CT molecular complexity index is 1040. The number of carbonyl (C=O) groups is 2. The van der Waals surface area contributed by atoms with Gasteiger partial charge in [-0.1, -0.05) is 18.2 Å². The van der Waals surface area contributed by atoms with Crippen LogP contribution in [0, 0.1) is 25.5 Å². The molecule has 3 aromatic carbocycles. The predicted octanol–water partition coefficient (Wildman–Crippen LogP) is 5.09. The number of rotatable bonds is 4. The number of para-hydroxylation sites is 1. The zero-order chi connectivity index (χ0) is 20.3. The van der Waals surface area contributed by atoms with Crippen molar-refractivity contribution in [3.05, 3.63) is 94.6 Å². The molecular formula is C22H18F2N2O2. The van der Waals surface area contributed by atoms with Crippen LogP contribution in [-0.4, -0.2) is 11.8 Å². The van der Waals surface area contributed by atoms with E-state index in [1.54, 1.807) is 12.1 Å². The number of halogens is 2. The molecule has 0 aliphatic rings. The summed E-state index contributed by atoms with van der Waals surface area (Å²) < 4.78 is 27.4. The molecule has 0 aliphatic carbocycles. The molecule has 3 aromatic rings. The molecule has 142 valence electrons. The number of hydrogen-bond acceptors (Lipinski definition) is 2. The molecule has 28 heavy (non-hydrogen) atoms. The lowest BCUT2D eigenvalue weighted by molar-refractivity contribution is 0.102. The van der Waals surface area contributed by atoms with Crippen LogP contribution in [-0.2, 0) is 0 Å². The van der Waals surface area contributed by atoms with Crippen LogP contribution in [0.3, 0.4) is 0 Å². The van der Waals surface area contributed by atoms with Gasteiger partial charge in [0.2, 0.25) is 0 Å². The standard InChI is InChI=1S/C22H18F2N2O2/c1-13-9-10-17(11-14(13)2)25-21(27)15-5-3-6-16(12-15)22(28)26-20-18(23)7-4-8-19(20)24/h3-12H,1-2H3,(H,25,27)(H,26,28). The van der Waals surface area contributed by atoms with Crippen molar-refractivity contribution in [3.8, 4) is 0 Å². The zero-order valence-electron chi connectivity index (χ0n) is 15.3. The van der Waals surface area contributed by atoms with Gasteiger partial charge in [-0.3, -0.25) is 9.59 Å². The van der Waals surface area contributed by atoms with E-state index in [1.807, 2.05) is 26.0 Å². The third kappa shape index (κ3) is 4.23. The smallest absolute Gasteiger partial charge is 0.255 e. The average molecular weight is 380 g/mol. The highest BCUT2D eigenvalue weighted by molar-refractivity contribution is 6.08. The Balaban J connectivity index is 1.78. The lowest BCUT2D eigenvalue weighted by atomic mass is 10.1. The van der Waals surface area contributed by atoms with Gasteiger partial charge >= 0.3 is 0 Å². The fourth-order valence-corrected chi connectivity index (χ4v) is 2.63. The van der Waals surface area contributed by atoms with Gasteiger partial charge in [-0.15, -0.1) is 0 Å². The topological polar surface area (TPSA) is 58.2 Å². The molecule has 0 atom stereocenters. The summed E-state index contributed by atoms with van der Waals surface area (Å²) in [6.45, 7) is 3.92. The number of carbonyl (C=O) groups excluding carboxylic acids is 2. The summed E-state index contributed by atoms with van der Waals surface area (Å²) in [4.78, 5) is 24.8. The Kier molecular flexibility index (Phi) is 5.49. The molecule has 3 rings (SSSR count). The van der Waals surface area contributed by atoms with Gasteiger partial charge in [-0.2, -0.15) is 0 Å². The van der Waals surface area contributed by atoms with Crippen molar-refractivity contribution in [2.45, 2.75) is 13.8 Å². The Morgan fingerprint density at radius 2 is 1.29 bits per heavy atom. The van der Waals surface area contributed by atoms with Crippen LogP contribution in [0.4, 0.5) is 20.2 Å². The summed E-state index contributed by atoms with van der Waals surface area (Å²) in [5.41, 5.74) is 2.61. The van der Waals surface area contributed by atoms with Crippen molar-refractivity contribution in [2.24, 2.45) is 0 Å². The van der Waals surface area contributed by atoms with Gasteiger partial charge in [0.25, 0.3) is 11.8 Å². The fraction of sp³-hybridized carbons (Fsp3) is 0.0909. The maximum absolute atomic E-state index is 13.7. The molecule has 0 aliphatic heterocycles. The molecule has 6 heteroatoms. The quantitative estimate of drug-likeness (QED) is 0.663. The summed E-state index contributed by atoms with van der Waals surface area (Å²) in [5, 5.41) is 4.97. The highest BCUT2D eigenvalue weighted by Gasteiger charge is 2.15. The van der Waals surface area contributed by atoms with Crippen LogP contribution in [0.25, 0.3) is 0 Å². The van der Waals surface area contributed by atoms with Gasteiger partial charge in [-0.05, 0) is 67.4 Å². The Labute approximate surface area is 161 Å². The molecule has 0 spiro atoms. The van der Waals surface area contributed by atoms with Crippen LogP contribution >= 0.6 is 0 Å². The van der Waals surface area contributed by atoms with Crippen LogP contribution in [0.1, 0.15) is 31.8 Å². The van der Waals surface area contributed by atoms with E-state index >= 15 is 0 Å². The first-order valence-corrected chi connectivity index (χ1v) is 8.59. The molecule has 0 heterocycles. The molecule has 0 unspecified atom stereocenters. The van der Waals surface area contributed by atoms with Crippen LogP contribution in [0.15, 0.2) is 60.7 Å². The second kappa shape index (κ2) is 8.00. The molecule has 4 nitrogen and oxygen atoms in total. The molecule has 0 fully saturated rings. The summed E-state index contributed by atoms with van der Waals surface area (Å²) in [6.07, 6.45) is 0. The fourth-order valence-electron chi connectivity index (χ4n) is 2.63. The first-order chi connectivity index (χ1) is 13.3. The maximum Gasteiger partial charge on any atom is 0.255 e. The van der Waals surface area contributed by atoms with Crippen molar-refractivity contribution in [1.29, 1.82) is 0 Å². The number of benzene rings is 3. The number of hydrogen-bond donors (Lipinski definition) is 2. The first kappa shape index (κ1) is 19.2. The second-order valence-corrected chi connectivity index (χ2v) is 6.38. The van der Waals surface area contributed by atoms with E-state index in [2.05, 4.69) is 10.6 Å². The summed E-state index contributed by atoms with van der Waals surface area (Å²) in [6, 6.07) is 14.8. The number of nitrogens with one attached hydrogen (secondary N) is 2. The van der Waals surface area contributed by atoms with Gasteiger partial charge in [-0.25, -0.2) is 8.78 Å². The molecule has 0 bridgehead atoms. The number of aryl methyl sites for hydroxylation is 2. The van der Waals surface area contributed by atoms with Gasteiger partial charge in [0, 0.05) is 16.8 Å². The highest BCUT2D eigenvalue weighted by atomic mass is 19.1. The van der Waals surface area contributed by atoms with E-state index in [9.17, 15) is 18.4 Å². The van der Waals surface area contributed by atoms with Crippen molar-refractivity contribution in [3.63, 3.8) is 0 Å². The minimum Gasteiger partial charge on any atom is -0.322 e. The summed E-state index contributed by atoms with van der Waals surface area (Å²) in [5.74, 6) is -2.87. The molecular weight excluding hydrogens is 362 g/mol. The number of amides is 2. The van der Waals surface area contributed by atoms with Gasteiger partial charge in [0.05, 0.1) is 0 Å². The highest BCUT2D eigenvalue weighted by Crippen LogP contribution is 2.20. The largest absolute Gasteiger partial charge is 0.322 e. The van der Waals surface area contributed by atoms with Gasteiger partial charge < -0.3 is 10.6 Å². The van der Waals surface area contributed by atoms with Gasteiger partial charge in [0.15, 0.2) is 0 Å². The second-order valence-electron chi connectivity index (χ2n) is 6.38.